The van der Waals surface area contributed by atoms with Crippen molar-refractivity contribution in [1.29, 1.82) is 0 Å². The summed E-state index contributed by atoms with van der Waals surface area (Å²) in [6.45, 7) is 11.3. The Morgan fingerprint density at radius 1 is 0.844 bits per heavy atom. The summed E-state index contributed by atoms with van der Waals surface area (Å²) in [4.78, 5) is 12.0. The smallest absolute Gasteiger partial charge is 0.338 e. The lowest BCUT2D eigenvalue weighted by atomic mass is 9.63. The average molecular weight is 430 g/mol. The summed E-state index contributed by atoms with van der Waals surface area (Å²) in [6.07, 6.45) is 2.28. The van der Waals surface area contributed by atoms with Crippen LogP contribution in [-0.4, -0.2) is 23.5 Å². The van der Waals surface area contributed by atoms with E-state index in [1.807, 2.05) is 30.3 Å². The van der Waals surface area contributed by atoms with Gasteiger partial charge < -0.3 is 9.94 Å². The molecule has 0 heterocycles. The molecule has 0 fully saturated rings. The number of hydrogen-bond acceptors (Lipinski definition) is 4. The maximum atomic E-state index is 12.0. The third-order valence-corrected chi connectivity index (χ3v) is 6.85. The fraction of sp³-hybridized carbons (Fsp3) is 0.357. The largest absolute Gasteiger partial charge is 0.462 e. The number of benzene rings is 3. The van der Waals surface area contributed by atoms with Crippen molar-refractivity contribution < 1.29 is 14.7 Å². The number of hydrogen-bond donors (Lipinski definition) is 1. The molecule has 0 bridgehead atoms. The molecule has 0 unspecified atom stereocenters. The molecule has 1 N–H and O–H groups in total. The van der Waals surface area contributed by atoms with E-state index in [2.05, 4.69) is 51.0 Å². The number of carbonyl (C=O) groups excluding carboxylic acids is 1. The Balaban J connectivity index is 1.74. The number of oxime groups is 1. The van der Waals surface area contributed by atoms with Gasteiger partial charge in [0.05, 0.1) is 12.2 Å². The van der Waals surface area contributed by atoms with Gasteiger partial charge >= 0.3 is 5.97 Å². The topological polar surface area (TPSA) is 58.9 Å². The lowest BCUT2D eigenvalue weighted by Crippen LogP contribution is -2.34. The molecule has 0 saturated heterocycles. The van der Waals surface area contributed by atoms with E-state index >= 15 is 0 Å². The highest BCUT2D eigenvalue weighted by Gasteiger charge is 2.37. The summed E-state index contributed by atoms with van der Waals surface area (Å²) < 4.78 is 5.10. The Bertz CT molecular complexity index is 1220. The summed E-state index contributed by atoms with van der Waals surface area (Å²) in [5, 5.41) is 15.5. The van der Waals surface area contributed by atoms with Gasteiger partial charge in [-0.05, 0) is 76.8 Å². The van der Waals surface area contributed by atoms with Gasteiger partial charge in [0.15, 0.2) is 0 Å². The van der Waals surface area contributed by atoms with Gasteiger partial charge in [-0.3, -0.25) is 0 Å². The zero-order chi connectivity index (χ0) is 23.1. The molecule has 4 rings (SSSR count). The Morgan fingerprint density at radius 2 is 1.38 bits per heavy atom. The number of nitrogens with zero attached hydrogens (tertiary/aromatic N) is 1. The molecule has 32 heavy (non-hydrogen) atoms. The van der Waals surface area contributed by atoms with Crippen LogP contribution >= 0.6 is 0 Å². The van der Waals surface area contributed by atoms with Crippen molar-refractivity contribution >= 4 is 22.5 Å². The van der Waals surface area contributed by atoms with Gasteiger partial charge in [0, 0.05) is 11.1 Å². The molecule has 0 spiro atoms. The molecule has 0 amide bonds. The van der Waals surface area contributed by atoms with Crippen molar-refractivity contribution in [3.8, 4) is 0 Å². The van der Waals surface area contributed by atoms with Crippen molar-refractivity contribution in [2.24, 2.45) is 5.16 Å². The molecule has 3 aromatic rings. The van der Waals surface area contributed by atoms with Crippen LogP contribution in [0.1, 0.15) is 80.1 Å². The van der Waals surface area contributed by atoms with Crippen LogP contribution in [0, 0.1) is 0 Å². The maximum Gasteiger partial charge on any atom is 0.338 e. The van der Waals surface area contributed by atoms with E-state index in [1.165, 1.54) is 11.1 Å². The van der Waals surface area contributed by atoms with E-state index in [0.29, 0.717) is 17.9 Å². The molecule has 166 valence electrons. The van der Waals surface area contributed by atoms with E-state index in [1.54, 1.807) is 13.0 Å². The summed E-state index contributed by atoms with van der Waals surface area (Å²) in [5.74, 6) is -0.323. The highest BCUT2D eigenvalue weighted by atomic mass is 16.5. The van der Waals surface area contributed by atoms with Crippen LogP contribution in [0.3, 0.4) is 0 Å². The molecule has 4 nitrogen and oxygen atoms in total. The third-order valence-electron chi connectivity index (χ3n) is 6.85. The van der Waals surface area contributed by atoms with Crippen molar-refractivity contribution in [2.75, 3.05) is 6.61 Å². The van der Waals surface area contributed by atoms with Crippen LogP contribution in [0.4, 0.5) is 0 Å². The van der Waals surface area contributed by atoms with E-state index in [0.717, 1.165) is 34.7 Å². The number of carbonyl (C=O) groups is 1. The Kier molecular flexibility index (Phi) is 5.58. The van der Waals surface area contributed by atoms with Gasteiger partial charge in [0.1, 0.15) is 5.71 Å². The zero-order valence-corrected chi connectivity index (χ0v) is 19.5. The van der Waals surface area contributed by atoms with Crippen molar-refractivity contribution in [1.82, 2.24) is 0 Å². The number of fused-ring (bicyclic) bond motifs is 2. The summed E-state index contributed by atoms with van der Waals surface area (Å²) in [7, 11) is 0. The Hall–Kier alpha value is -3.14. The van der Waals surface area contributed by atoms with Crippen LogP contribution in [0.2, 0.25) is 0 Å². The van der Waals surface area contributed by atoms with E-state index in [9.17, 15) is 10.0 Å². The van der Waals surface area contributed by atoms with E-state index < -0.39 is 0 Å². The van der Waals surface area contributed by atoms with Crippen molar-refractivity contribution in [3.05, 3.63) is 82.4 Å². The van der Waals surface area contributed by atoms with Gasteiger partial charge in [0.2, 0.25) is 0 Å². The molecular formula is C28H31NO3. The SMILES string of the molecule is CCOC(=O)c1ccc2cc(/C(=N\O)c3ccc4c(c3)C(C)(C)CCC4(C)C)ccc2c1. The lowest BCUT2D eigenvalue weighted by Gasteiger charge is -2.42. The standard InChI is InChI=1S/C28H31NO3/c1-6-32-26(30)22-10-8-18-15-20(9-7-19(18)16-22)25(29-31)21-11-12-23-24(17-21)28(4,5)14-13-27(23,2)3/h7-12,15-17,31H,6,13-14H2,1-5H3/b29-25+. The van der Waals surface area contributed by atoms with Gasteiger partial charge in [-0.15, -0.1) is 0 Å². The molecule has 1 aliphatic carbocycles. The second-order valence-electron chi connectivity index (χ2n) is 9.97. The third kappa shape index (κ3) is 3.90. The monoisotopic (exact) mass is 429 g/mol. The van der Waals surface area contributed by atoms with Gasteiger partial charge in [-0.1, -0.05) is 63.2 Å². The highest BCUT2D eigenvalue weighted by Crippen LogP contribution is 2.46. The van der Waals surface area contributed by atoms with Gasteiger partial charge in [-0.2, -0.15) is 0 Å². The second-order valence-corrected chi connectivity index (χ2v) is 9.97. The lowest BCUT2D eigenvalue weighted by molar-refractivity contribution is 0.0526. The summed E-state index contributed by atoms with van der Waals surface area (Å²) >= 11 is 0. The predicted molar refractivity (Wildman–Crippen MR) is 129 cm³/mol. The van der Waals surface area contributed by atoms with Crippen LogP contribution in [0.5, 0.6) is 0 Å². The molecule has 0 atom stereocenters. The first kappa shape index (κ1) is 22.1. The molecule has 3 aromatic carbocycles. The zero-order valence-electron chi connectivity index (χ0n) is 19.5. The minimum Gasteiger partial charge on any atom is -0.462 e. The van der Waals surface area contributed by atoms with Gasteiger partial charge in [-0.25, -0.2) is 4.79 Å². The molecule has 0 aromatic heterocycles. The van der Waals surface area contributed by atoms with Crippen LogP contribution in [0.25, 0.3) is 10.8 Å². The maximum absolute atomic E-state index is 12.0. The first-order chi connectivity index (χ1) is 15.2. The second kappa shape index (κ2) is 8.09. The minimum absolute atomic E-state index is 0.0777. The highest BCUT2D eigenvalue weighted by molar-refractivity contribution is 6.14. The van der Waals surface area contributed by atoms with Crippen LogP contribution in [-0.2, 0) is 15.6 Å². The first-order valence-electron chi connectivity index (χ1n) is 11.2. The average Bonchev–Trinajstić information content (AvgIpc) is 2.77. The van der Waals surface area contributed by atoms with Crippen LogP contribution in [0.15, 0.2) is 59.8 Å². The summed E-state index contributed by atoms with van der Waals surface area (Å²) in [6, 6.07) is 17.8. The molecule has 0 aliphatic heterocycles. The molecule has 0 radical (unpaired) electrons. The van der Waals surface area contributed by atoms with Crippen molar-refractivity contribution in [3.63, 3.8) is 0 Å². The molecular weight excluding hydrogens is 398 g/mol. The Morgan fingerprint density at radius 3 is 2.00 bits per heavy atom. The fourth-order valence-electron chi connectivity index (χ4n) is 4.75. The normalized spacial score (nSPS) is 17.1. The number of ether oxygens (including phenoxy) is 1. The number of rotatable bonds is 4. The first-order valence-corrected chi connectivity index (χ1v) is 11.2. The minimum atomic E-state index is -0.323. The fourth-order valence-corrected chi connectivity index (χ4v) is 4.75. The van der Waals surface area contributed by atoms with E-state index in [4.69, 9.17) is 4.74 Å². The van der Waals surface area contributed by atoms with Crippen molar-refractivity contribution in [2.45, 2.75) is 58.3 Å². The Labute approximate surface area is 189 Å². The predicted octanol–water partition coefficient (Wildman–Crippen LogP) is 6.59. The van der Waals surface area contributed by atoms with Crippen LogP contribution < -0.4 is 0 Å². The summed E-state index contributed by atoms with van der Waals surface area (Å²) in [5.41, 5.74) is 5.72. The van der Waals surface area contributed by atoms with Gasteiger partial charge in [0.25, 0.3) is 0 Å². The molecule has 4 heteroatoms. The van der Waals surface area contributed by atoms with E-state index in [-0.39, 0.29) is 16.8 Å². The number of esters is 1. The molecule has 0 saturated carbocycles. The quantitative estimate of drug-likeness (QED) is 0.220. The molecule has 1 aliphatic rings.